The van der Waals surface area contributed by atoms with Crippen molar-refractivity contribution < 1.29 is 19.2 Å². The van der Waals surface area contributed by atoms with Crippen LogP contribution in [0.25, 0.3) is 0 Å². The lowest BCUT2D eigenvalue weighted by Gasteiger charge is -2.11. The van der Waals surface area contributed by atoms with Gasteiger partial charge in [0, 0.05) is 17.7 Å². The molecule has 140 valence electrons. The molecule has 0 aliphatic rings. The summed E-state index contributed by atoms with van der Waals surface area (Å²) in [6, 6.07) is 21.1. The molecule has 28 heavy (non-hydrogen) atoms. The van der Waals surface area contributed by atoms with Gasteiger partial charge in [-0.15, -0.1) is 0 Å². The molecule has 0 bridgehead atoms. The predicted molar refractivity (Wildman–Crippen MR) is 103 cm³/mol. The maximum Gasteiger partial charge on any atom is 0.411 e. The van der Waals surface area contributed by atoms with Gasteiger partial charge in [0.05, 0.1) is 16.2 Å². The molecule has 0 fully saturated rings. The minimum Gasteiger partial charge on any atom is -0.444 e. The van der Waals surface area contributed by atoms with E-state index in [0.29, 0.717) is 5.56 Å². The van der Waals surface area contributed by atoms with Gasteiger partial charge in [-0.1, -0.05) is 60.7 Å². The Bertz CT molecular complexity index is 1000. The number of nitro groups is 1. The number of nitrogens with one attached hydrogen (secondary N) is 1. The second-order valence-electron chi connectivity index (χ2n) is 5.87. The van der Waals surface area contributed by atoms with Gasteiger partial charge >= 0.3 is 6.09 Å². The number of nitrogens with zero attached hydrogens (tertiary/aromatic N) is 1. The second-order valence-corrected chi connectivity index (χ2v) is 5.87. The number of carbonyl (C=O) groups excluding carboxylic acids is 2. The van der Waals surface area contributed by atoms with Gasteiger partial charge in [-0.25, -0.2) is 4.79 Å². The molecule has 3 aromatic rings. The van der Waals surface area contributed by atoms with Crippen LogP contribution < -0.4 is 5.32 Å². The van der Waals surface area contributed by atoms with E-state index in [0.717, 1.165) is 11.6 Å². The number of non-ortho nitro benzene ring substituents is 1. The highest BCUT2D eigenvalue weighted by Crippen LogP contribution is 2.25. The molecule has 3 rings (SSSR count). The van der Waals surface area contributed by atoms with Crippen LogP contribution in [-0.4, -0.2) is 16.8 Å². The van der Waals surface area contributed by atoms with Gasteiger partial charge in [0.1, 0.15) is 6.61 Å². The fourth-order valence-electron chi connectivity index (χ4n) is 2.56. The van der Waals surface area contributed by atoms with Crippen LogP contribution >= 0.6 is 0 Å². The van der Waals surface area contributed by atoms with Crippen LogP contribution in [0.1, 0.15) is 21.5 Å². The summed E-state index contributed by atoms with van der Waals surface area (Å²) < 4.78 is 5.15. The zero-order chi connectivity index (χ0) is 19.9. The van der Waals surface area contributed by atoms with Gasteiger partial charge in [0.25, 0.3) is 5.69 Å². The summed E-state index contributed by atoms with van der Waals surface area (Å²) in [7, 11) is 0. The maximum absolute atomic E-state index is 12.8. The Morgan fingerprint density at radius 1 is 0.929 bits per heavy atom. The van der Waals surface area contributed by atoms with Gasteiger partial charge in [0.15, 0.2) is 5.78 Å². The smallest absolute Gasteiger partial charge is 0.411 e. The third kappa shape index (κ3) is 4.59. The highest BCUT2D eigenvalue weighted by molar-refractivity contribution is 6.13. The average Bonchev–Trinajstić information content (AvgIpc) is 2.73. The summed E-state index contributed by atoms with van der Waals surface area (Å²) in [5, 5.41) is 13.6. The van der Waals surface area contributed by atoms with E-state index in [1.165, 1.54) is 12.1 Å². The highest BCUT2D eigenvalue weighted by Gasteiger charge is 2.19. The zero-order valence-corrected chi connectivity index (χ0v) is 14.7. The van der Waals surface area contributed by atoms with Crippen molar-refractivity contribution >= 4 is 23.3 Å². The van der Waals surface area contributed by atoms with E-state index in [1.807, 2.05) is 30.3 Å². The van der Waals surface area contributed by atoms with E-state index >= 15 is 0 Å². The largest absolute Gasteiger partial charge is 0.444 e. The van der Waals surface area contributed by atoms with E-state index in [9.17, 15) is 19.7 Å². The van der Waals surface area contributed by atoms with Crippen LogP contribution in [0.4, 0.5) is 16.2 Å². The van der Waals surface area contributed by atoms with Crippen molar-refractivity contribution in [2.75, 3.05) is 5.32 Å². The number of ketones is 1. The molecule has 1 amide bonds. The third-order valence-corrected chi connectivity index (χ3v) is 3.94. The Labute approximate surface area is 160 Å². The topological polar surface area (TPSA) is 98.5 Å². The van der Waals surface area contributed by atoms with Crippen molar-refractivity contribution in [3.05, 3.63) is 106 Å². The van der Waals surface area contributed by atoms with Crippen LogP contribution in [-0.2, 0) is 11.3 Å². The molecule has 0 aromatic heterocycles. The van der Waals surface area contributed by atoms with Crippen LogP contribution in [0.3, 0.4) is 0 Å². The Hall–Kier alpha value is -4.00. The number of hydrogen-bond acceptors (Lipinski definition) is 5. The first-order valence-electron chi connectivity index (χ1n) is 8.40. The highest BCUT2D eigenvalue weighted by atomic mass is 16.6. The minimum atomic E-state index is -0.764. The number of amides is 1. The Balaban J connectivity index is 1.82. The molecule has 0 aliphatic heterocycles. The standard InChI is InChI=1S/C21H16N2O5/c24-20(16-9-5-2-6-10-16)18-13-17(23(26)27)11-12-19(18)22-21(25)28-14-15-7-3-1-4-8-15/h1-13H,14H2,(H,22,25). The van der Waals surface area contributed by atoms with Crippen molar-refractivity contribution in [3.8, 4) is 0 Å². The fraction of sp³-hybridized carbons (Fsp3) is 0.0476. The molecule has 1 N–H and O–H groups in total. The molecule has 0 aliphatic carbocycles. The third-order valence-electron chi connectivity index (χ3n) is 3.94. The minimum absolute atomic E-state index is 0.0112. The van der Waals surface area contributed by atoms with Crippen LogP contribution in [0.15, 0.2) is 78.9 Å². The molecule has 0 unspecified atom stereocenters. The van der Waals surface area contributed by atoms with E-state index in [4.69, 9.17) is 4.74 Å². The first-order valence-corrected chi connectivity index (χ1v) is 8.40. The SMILES string of the molecule is O=C(Nc1ccc([N+](=O)[O-])cc1C(=O)c1ccccc1)OCc1ccccc1. The van der Waals surface area contributed by atoms with Crippen LogP contribution in [0.2, 0.25) is 0 Å². The summed E-state index contributed by atoms with van der Waals surface area (Å²) in [6.07, 6.45) is -0.764. The van der Waals surface area contributed by atoms with Crippen molar-refractivity contribution in [2.24, 2.45) is 0 Å². The zero-order valence-electron chi connectivity index (χ0n) is 14.7. The first-order chi connectivity index (χ1) is 13.5. The van der Waals surface area contributed by atoms with Gasteiger partial charge in [-0.05, 0) is 11.6 Å². The first kappa shape index (κ1) is 18.8. The molecule has 0 saturated carbocycles. The lowest BCUT2D eigenvalue weighted by Crippen LogP contribution is -2.16. The van der Waals surface area contributed by atoms with E-state index < -0.39 is 16.8 Å². The van der Waals surface area contributed by atoms with Gasteiger partial charge < -0.3 is 4.74 Å². The summed E-state index contributed by atoms with van der Waals surface area (Å²) >= 11 is 0. The molecule has 7 nitrogen and oxygen atoms in total. The molecular weight excluding hydrogens is 360 g/mol. The van der Waals surface area contributed by atoms with Crippen molar-refractivity contribution in [1.29, 1.82) is 0 Å². The molecule has 0 atom stereocenters. The van der Waals surface area contributed by atoms with Gasteiger partial charge in [-0.2, -0.15) is 0 Å². The summed E-state index contributed by atoms with van der Waals surface area (Å²) in [5.41, 5.74) is 1.06. The average molecular weight is 376 g/mol. The van der Waals surface area contributed by atoms with Gasteiger partial charge in [-0.3, -0.25) is 20.2 Å². The maximum atomic E-state index is 12.8. The number of ether oxygens (including phenoxy) is 1. The number of nitro benzene ring substituents is 1. The van der Waals surface area contributed by atoms with Gasteiger partial charge in [0.2, 0.25) is 0 Å². The van der Waals surface area contributed by atoms with Crippen molar-refractivity contribution in [2.45, 2.75) is 6.61 Å². The Morgan fingerprint density at radius 2 is 1.57 bits per heavy atom. The number of rotatable bonds is 6. The number of hydrogen-bond donors (Lipinski definition) is 1. The number of carbonyl (C=O) groups is 2. The molecule has 0 spiro atoms. The normalized spacial score (nSPS) is 10.1. The van der Waals surface area contributed by atoms with Crippen LogP contribution in [0, 0.1) is 10.1 Å². The molecule has 0 saturated heterocycles. The Morgan fingerprint density at radius 3 is 2.21 bits per heavy atom. The molecule has 0 heterocycles. The molecule has 7 heteroatoms. The molecule has 0 radical (unpaired) electrons. The molecule has 3 aromatic carbocycles. The summed E-state index contributed by atoms with van der Waals surface area (Å²) in [4.78, 5) is 35.4. The predicted octanol–water partition coefficient (Wildman–Crippen LogP) is 4.57. The summed E-state index contributed by atoms with van der Waals surface area (Å²) in [5.74, 6) is -0.442. The summed E-state index contributed by atoms with van der Waals surface area (Å²) in [6.45, 7) is 0.0572. The van der Waals surface area contributed by atoms with Crippen molar-refractivity contribution in [3.63, 3.8) is 0 Å². The number of anilines is 1. The van der Waals surface area contributed by atoms with E-state index in [1.54, 1.807) is 30.3 Å². The van der Waals surface area contributed by atoms with Crippen molar-refractivity contribution in [1.82, 2.24) is 0 Å². The van der Waals surface area contributed by atoms with Crippen LogP contribution in [0.5, 0.6) is 0 Å². The monoisotopic (exact) mass is 376 g/mol. The molecular formula is C21H16N2O5. The fourth-order valence-corrected chi connectivity index (χ4v) is 2.56. The lowest BCUT2D eigenvalue weighted by atomic mass is 10.0. The van der Waals surface area contributed by atoms with E-state index in [-0.39, 0.29) is 23.5 Å². The van der Waals surface area contributed by atoms with E-state index in [2.05, 4.69) is 5.32 Å². The Kier molecular flexibility index (Phi) is 5.76. The second kappa shape index (κ2) is 8.59. The lowest BCUT2D eigenvalue weighted by molar-refractivity contribution is -0.384. The number of benzene rings is 3. The quantitative estimate of drug-likeness (QED) is 0.386.